The Kier molecular flexibility index (Phi) is 13.3. The van der Waals surface area contributed by atoms with Crippen LogP contribution in [0.2, 0.25) is 0 Å². The van der Waals surface area contributed by atoms with Gasteiger partial charge in [0.25, 0.3) is 0 Å². The quantitative estimate of drug-likeness (QED) is 0.628. The van der Waals surface area contributed by atoms with Crippen molar-refractivity contribution >= 4 is 0 Å². The van der Waals surface area contributed by atoms with Gasteiger partial charge in [0, 0.05) is 32.7 Å². The zero-order valence-corrected chi connectivity index (χ0v) is 13.9. The predicted molar refractivity (Wildman–Crippen MR) is 90.5 cm³/mol. The average Bonchev–Trinajstić information content (AvgIpc) is 2.95. The minimum atomic E-state index is 0.233. The van der Waals surface area contributed by atoms with E-state index in [1.54, 1.807) is 7.05 Å². The van der Waals surface area contributed by atoms with Crippen molar-refractivity contribution in [3.05, 3.63) is 35.4 Å². The van der Waals surface area contributed by atoms with E-state index in [4.69, 9.17) is 5.11 Å². The molecule has 0 spiro atoms. The number of aliphatic hydroxyl groups is 1. The maximum absolute atomic E-state index is 8.00. The van der Waals surface area contributed by atoms with Gasteiger partial charge in [-0.15, -0.1) is 0 Å². The second-order valence-corrected chi connectivity index (χ2v) is 5.11. The lowest BCUT2D eigenvalue weighted by atomic mass is 10.1. The molecule has 0 fully saturated rings. The number of likely N-dealkylation sites (N-methyl/N-ethyl adjacent to an activating group) is 3. The molecule has 0 bridgehead atoms. The van der Waals surface area contributed by atoms with Gasteiger partial charge in [0.15, 0.2) is 0 Å². The van der Waals surface area contributed by atoms with Crippen LogP contribution in [-0.2, 0) is 13.1 Å². The molecule has 0 unspecified atom stereocenters. The van der Waals surface area contributed by atoms with E-state index in [2.05, 4.69) is 59.2 Å². The first-order chi connectivity index (χ1) is 10.2. The van der Waals surface area contributed by atoms with Gasteiger partial charge < -0.3 is 26.0 Å². The molecule has 1 heterocycles. The number of hydrogen-bond acceptors (Lipinski definition) is 5. The van der Waals surface area contributed by atoms with Gasteiger partial charge in [0.2, 0.25) is 0 Å². The Labute approximate surface area is 129 Å². The predicted octanol–water partition coefficient (Wildman–Crippen LogP) is 0.255. The fraction of sp³-hybridized carbons (Fsp3) is 0.625. The molecule has 5 heteroatoms. The molecule has 1 aromatic carbocycles. The van der Waals surface area contributed by atoms with Crippen LogP contribution >= 0.6 is 0 Å². The number of nitrogens with one attached hydrogen (secondary N) is 3. The molecule has 0 radical (unpaired) electrons. The van der Waals surface area contributed by atoms with Gasteiger partial charge in [0.1, 0.15) is 0 Å². The van der Waals surface area contributed by atoms with Crippen molar-refractivity contribution in [2.45, 2.75) is 13.1 Å². The highest BCUT2D eigenvalue weighted by atomic mass is 16.3. The van der Waals surface area contributed by atoms with E-state index in [9.17, 15) is 0 Å². The average molecular weight is 296 g/mol. The third-order valence-electron chi connectivity index (χ3n) is 2.92. The first-order valence-electron chi connectivity index (χ1n) is 7.48. The molecular weight excluding hydrogens is 264 g/mol. The molecule has 0 aliphatic carbocycles. The number of hydrogen-bond donors (Lipinski definition) is 4. The van der Waals surface area contributed by atoms with Crippen LogP contribution in [-0.4, -0.2) is 64.4 Å². The van der Waals surface area contributed by atoms with E-state index in [-0.39, 0.29) is 6.61 Å². The van der Waals surface area contributed by atoms with Crippen LogP contribution < -0.4 is 16.0 Å². The molecular formula is C16H32N4O. The summed E-state index contributed by atoms with van der Waals surface area (Å²) in [4.78, 5) is 2.15. The molecule has 21 heavy (non-hydrogen) atoms. The molecule has 0 aromatic heterocycles. The number of benzene rings is 1. The molecule has 4 N–H and O–H groups in total. The standard InChI is InChI=1S/C8H9N.C5H14N2.C3H9NO/c1-2-4-8-6-9-5-7(8)3-1;1-6-4-5-7(2)3;1-4-2-3-5/h1-4,9H,5-6H2;6H,4-5H2,1-3H3;4-5H,2-3H2,1H3. The van der Waals surface area contributed by atoms with Crippen LogP contribution in [0.15, 0.2) is 24.3 Å². The first-order valence-corrected chi connectivity index (χ1v) is 7.48. The summed E-state index contributed by atoms with van der Waals surface area (Å²) >= 11 is 0. The molecule has 5 nitrogen and oxygen atoms in total. The van der Waals surface area contributed by atoms with Gasteiger partial charge in [-0.3, -0.25) is 0 Å². The normalized spacial score (nSPS) is 12.1. The molecule has 1 aliphatic rings. The lowest BCUT2D eigenvalue weighted by Gasteiger charge is -2.06. The Hall–Kier alpha value is -0.980. The van der Waals surface area contributed by atoms with Crippen LogP contribution in [0.5, 0.6) is 0 Å². The number of nitrogens with zero attached hydrogens (tertiary/aromatic N) is 1. The van der Waals surface area contributed by atoms with Crippen molar-refractivity contribution in [1.82, 2.24) is 20.9 Å². The van der Waals surface area contributed by atoms with Gasteiger partial charge >= 0.3 is 0 Å². The van der Waals surface area contributed by atoms with Crippen molar-refractivity contribution in [3.63, 3.8) is 0 Å². The minimum Gasteiger partial charge on any atom is -0.395 e. The summed E-state index contributed by atoms with van der Waals surface area (Å²) in [7, 11) is 7.90. The van der Waals surface area contributed by atoms with Crippen molar-refractivity contribution in [2.24, 2.45) is 0 Å². The second-order valence-electron chi connectivity index (χ2n) is 5.11. The third-order valence-corrected chi connectivity index (χ3v) is 2.92. The Morgan fingerprint density at radius 1 is 1.05 bits per heavy atom. The highest BCUT2D eigenvalue weighted by Gasteiger charge is 2.06. The monoisotopic (exact) mass is 296 g/mol. The van der Waals surface area contributed by atoms with Crippen molar-refractivity contribution in [2.75, 3.05) is 54.4 Å². The SMILES string of the molecule is CNCCN(C)C.CNCCO.c1ccc2c(c1)CNC2. The highest BCUT2D eigenvalue weighted by molar-refractivity contribution is 5.29. The largest absolute Gasteiger partial charge is 0.395 e. The Morgan fingerprint density at radius 2 is 1.57 bits per heavy atom. The zero-order chi connectivity index (χ0) is 15.9. The lowest BCUT2D eigenvalue weighted by Crippen LogP contribution is -2.23. The summed E-state index contributed by atoms with van der Waals surface area (Å²) in [6, 6.07) is 8.53. The molecule has 122 valence electrons. The van der Waals surface area contributed by atoms with Crippen LogP contribution in [0.3, 0.4) is 0 Å². The molecule has 1 aliphatic heterocycles. The summed E-state index contributed by atoms with van der Waals surface area (Å²) in [6.07, 6.45) is 0. The minimum absolute atomic E-state index is 0.233. The van der Waals surface area contributed by atoms with Gasteiger partial charge in [-0.25, -0.2) is 0 Å². The maximum atomic E-state index is 8.00. The Bertz CT molecular complexity index is 320. The summed E-state index contributed by atoms with van der Waals surface area (Å²) in [5.74, 6) is 0. The van der Waals surface area contributed by atoms with Crippen LogP contribution in [0.4, 0.5) is 0 Å². The van der Waals surface area contributed by atoms with E-state index < -0.39 is 0 Å². The number of fused-ring (bicyclic) bond motifs is 1. The molecule has 2 rings (SSSR count). The number of rotatable bonds is 5. The van der Waals surface area contributed by atoms with Crippen LogP contribution in [0.1, 0.15) is 11.1 Å². The Morgan fingerprint density at radius 3 is 1.86 bits per heavy atom. The molecule has 0 atom stereocenters. The lowest BCUT2D eigenvalue weighted by molar-refractivity contribution is 0.296. The fourth-order valence-corrected chi connectivity index (χ4v) is 1.68. The molecule has 1 aromatic rings. The van der Waals surface area contributed by atoms with E-state index >= 15 is 0 Å². The smallest absolute Gasteiger partial charge is 0.0555 e. The van der Waals surface area contributed by atoms with Crippen molar-refractivity contribution < 1.29 is 5.11 Å². The summed E-state index contributed by atoms with van der Waals surface area (Å²) in [6.45, 7) is 5.23. The zero-order valence-electron chi connectivity index (χ0n) is 13.9. The molecule has 0 amide bonds. The van der Waals surface area contributed by atoms with E-state index in [0.29, 0.717) is 6.54 Å². The fourth-order valence-electron chi connectivity index (χ4n) is 1.68. The first kappa shape index (κ1) is 20.0. The van der Waals surface area contributed by atoms with Gasteiger partial charge in [-0.2, -0.15) is 0 Å². The highest BCUT2D eigenvalue weighted by Crippen LogP contribution is 2.12. The van der Waals surface area contributed by atoms with E-state index in [1.807, 2.05) is 7.05 Å². The van der Waals surface area contributed by atoms with Crippen LogP contribution in [0, 0.1) is 0 Å². The van der Waals surface area contributed by atoms with Gasteiger partial charge in [-0.05, 0) is 39.3 Å². The topological polar surface area (TPSA) is 59.6 Å². The van der Waals surface area contributed by atoms with Crippen molar-refractivity contribution in [1.29, 1.82) is 0 Å². The maximum Gasteiger partial charge on any atom is 0.0555 e. The van der Waals surface area contributed by atoms with Gasteiger partial charge in [0.05, 0.1) is 6.61 Å². The van der Waals surface area contributed by atoms with Crippen molar-refractivity contribution in [3.8, 4) is 0 Å². The molecule has 0 saturated heterocycles. The van der Waals surface area contributed by atoms with E-state index in [0.717, 1.165) is 26.2 Å². The number of aliphatic hydroxyl groups excluding tert-OH is 1. The van der Waals surface area contributed by atoms with Crippen LogP contribution in [0.25, 0.3) is 0 Å². The summed E-state index contributed by atoms with van der Waals surface area (Å²) < 4.78 is 0. The Balaban J connectivity index is 0.000000302. The van der Waals surface area contributed by atoms with Gasteiger partial charge in [-0.1, -0.05) is 24.3 Å². The van der Waals surface area contributed by atoms with E-state index in [1.165, 1.54) is 11.1 Å². The summed E-state index contributed by atoms with van der Waals surface area (Å²) in [5.41, 5.74) is 2.91. The second kappa shape index (κ2) is 14.0. The summed E-state index contributed by atoms with van der Waals surface area (Å²) in [5, 5.41) is 17.1. The third kappa shape index (κ3) is 11.4. The molecule has 0 saturated carbocycles.